The number of urea groups is 1. The Bertz CT molecular complexity index is 768. The van der Waals surface area contributed by atoms with Crippen LogP contribution < -0.4 is 10.6 Å². The summed E-state index contributed by atoms with van der Waals surface area (Å²) in [5.74, 6) is -0.781. The number of hydrogen-bond acceptors (Lipinski definition) is 4. The Hall–Kier alpha value is -2.90. The van der Waals surface area contributed by atoms with Gasteiger partial charge in [-0.3, -0.25) is 19.3 Å². The molecule has 5 amide bonds. The molecular weight excluding hydrogens is 348 g/mol. The molecule has 27 heavy (non-hydrogen) atoms. The zero-order valence-corrected chi connectivity index (χ0v) is 15.6. The standard InChI is InChI=1S/C19H24N4O4/c1-20-16(25)14-7-5-13(6-8-14)11-22(2)15(24)12-23-17(26)19(21-18(23)27)9-3-4-10-19/h5-8H,3-4,9-12H2,1-2H3,(H,20,25)(H,21,27). The number of rotatable bonds is 5. The minimum Gasteiger partial charge on any atom is -0.355 e. The molecule has 0 aromatic heterocycles. The first-order valence-electron chi connectivity index (χ1n) is 9.05. The van der Waals surface area contributed by atoms with Crippen LogP contribution in [0.25, 0.3) is 0 Å². The number of likely N-dealkylation sites (N-methyl/N-ethyl adjacent to an activating group) is 1. The molecule has 1 aliphatic carbocycles. The van der Waals surface area contributed by atoms with Crippen molar-refractivity contribution in [2.45, 2.75) is 37.8 Å². The average molecular weight is 372 g/mol. The van der Waals surface area contributed by atoms with Gasteiger partial charge in [0.1, 0.15) is 12.1 Å². The minimum atomic E-state index is -0.800. The van der Waals surface area contributed by atoms with Gasteiger partial charge in [0.15, 0.2) is 0 Å². The van der Waals surface area contributed by atoms with E-state index < -0.39 is 11.6 Å². The molecule has 0 bridgehead atoms. The van der Waals surface area contributed by atoms with E-state index in [1.54, 1.807) is 38.4 Å². The van der Waals surface area contributed by atoms with Crippen molar-refractivity contribution in [1.82, 2.24) is 20.4 Å². The lowest BCUT2D eigenvalue weighted by molar-refractivity contribution is -0.138. The molecule has 0 unspecified atom stereocenters. The normalized spacial score (nSPS) is 17.9. The van der Waals surface area contributed by atoms with Gasteiger partial charge in [0.05, 0.1) is 0 Å². The molecule has 1 spiro atoms. The van der Waals surface area contributed by atoms with E-state index in [4.69, 9.17) is 0 Å². The predicted molar refractivity (Wildman–Crippen MR) is 97.7 cm³/mol. The lowest BCUT2D eigenvalue weighted by Crippen LogP contribution is -2.45. The van der Waals surface area contributed by atoms with Gasteiger partial charge in [0.2, 0.25) is 5.91 Å². The summed E-state index contributed by atoms with van der Waals surface area (Å²) in [7, 11) is 3.19. The van der Waals surface area contributed by atoms with Crippen LogP contribution in [-0.4, -0.2) is 59.7 Å². The highest BCUT2D eigenvalue weighted by atomic mass is 16.2. The van der Waals surface area contributed by atoms with Crippen LogP contribution in [0.3, 0.4) is 0 Å². The average Bonchev–Trinajstić information content (AvgIpc) is 3.22. The SMILES string of the molecule is CNC(=O)c1ccc(CN(C)C(=O)CN2C(=O)NC3(CCCC3)C2=O)cc1. The smallest absolute Gasteiger partial charge is 0.325 e. The maximum atomic E-state index is 12.6. The Balaban J connectivity index is 1.60. The van der Waals surface area contributed by atoms with Gasteiger partial charge in [-0.1, -0.05) is 25.0 Å². The van der Waals surface area contributed by atoms with E-state index in [0.717, 1.165) is 23.3 Å². The predicted octanol–water partition coefficient (Wildman–Crippen LogP) is 0.869. The van der Waals surface area contributed by atoms with E-state index in [2.05, 4.69) is 10.6 Å². The first-order chi connectivity index (χ1) is 12.9. The Morgan fingerprint density at radius 2 is 1.81 bits per heavy atom. The fourth-order valence-electron chi connectivity index (χ4n) is 3.66. The monoisotopic (exact) mass is 372 g/mol. The Labute approximate surface area is 157 Å². The van der Waals surface area contributed by atoms with Crippen molar-refractivity contribution in [2.75, 3.05) is 20.6 Å². The first kappa shape index (κ1) is 18.9. The van der Waals surface area contributed by atoms with Crippen molar-refractivity contribution in [3.05, 3.63) is 35.4 Å². The molecule has 1 aliphatic heterocycles. The summed E-state index contributed by atoms with van der Waals surface area (Å²) in [6, 6.07) is 6.44. The highest BCUT2D eigenvalue weighted by Crippen LogP contribution is 2.34. The zero-order valence-electron chi connectivity index (χ0n) is 15.6. The van der Waals surface area contributed by atoms with Gasteiger partial charge >= 0.3 is 6.03 Å². The molecule has 144 valence electrons. The Kier molecular flexibility index (Phi) is 5.16. The number of imide groups is 1. The molecule has 1 aromatic carbocycles. The van der Waals surface area contributed by atoms with E-state index in [1.807, 2.05) is 0 Å². The van der Waals surface area contributed by atoms with Crippen molar-refractivity contribution in [3.8, 4) is 0 Å². The highest BCUT2D eigenvalue weighted by Gasteiger charge is 2.52. The Morgan fingerprint density at radius 3 is 2.41 bits per heavy atom. The topological polar surface area (TPSA) is 98.8 Å². The summed E-state index contributed by atoms with van der Waals surface area (Å²) in [6.45, 7) is 0.0564. The molecule has 2 aliphatic rings. The molecular formula is C19H24N4O4. The van der Waals surface area contributed by atoms with Crippen molar-refractivity contribution in [2.24, 2.45) is 0 Å². The molecule has 0 atom stereocenters. The van der Waals surface area contributed by atoms with Crippen LogP contribution >= 0.6 is 0 Å². The van der Waals surface area contributed by atoms with E-state index in [9.17, 15) is 19.2 Å². The Morgan fingerprint density at radius 1 is 1.19 bits per heavy atom. The number of amides is 5. The molecule has 8 nitrogen and oxygen atoms in total. The van der Waals surface area contributed by atoms with Gasteiger partial charge in [-0.15, -0.1) is 0 Å². The van der Waals surface area contributed by atoms with Crippen molar-refractivity contribution in [3.63, 3.8) is 0 Å². The zero-order chi connectivity index (χ0) is 19.6. The van der Waals surface area contributed by atoms with Crippen LogP contribution in [0, 0.1) is 0 Å². The molecule has 1 heterocycles. The molecule has 2 N–H and O–H groups in total. The van der Waals surface area contributed by atoms with Gasteiger partial charge in [-0.25, -0.2) is 4.79 Å². The lowest BCUT2D eigenvalue weighted by Gasteiger charge is -2.22. The van der Waals surface area contributed by atoms with Crippen LogP contribution in [0.15, 0.2) is 24.3 Å². The van der Waals surface area contributed by atoms with Gasteiger partial charge in [0.25, 0.3) is 11.8 Å². The second-order valence-electron chi connectivity index (χ2n) is 7.14. The summed E-state index contributed by atoms with van der Waals surface area (Å²) in [5, 5.41) is 5.32. The van der Waals surface area contributed by atoms with Crippen molar-refractivity contribution < 1.29 is 19.2 Å². The summed E-state index contributed by atoms with van der Waals surface area (Å²) in [6.07, 6.45) is 3.07. The van der Waals surface area contributed by atoms with Gasteiger partial charge in [-0.2, -0.15) is 0 Å². The van der Waals surface area contributed by atoms with Crippen LogP contribution in [-0.2, 0) is 16.1 Å². The first-order valence-corrected chi connectivity index (χ1v) is 9.05. The molecule has 3 rings (SSSR count). The largest absolute Gasteiger partial charge is 0.355 e. The summed E-state index contributed by atoms with van der Waals surface area (Å²) in [4.78, 5) is 51.4. The van der Waals surface area contributed by atoms with Gasteiger partial charge < -0.3 is 15.5 Å². The van der Waals surface area contributed by atoms with E-state index >= 15 is 0 Å². The quantitative estimate of drug-likeness (QED) is 0.749. The highest BCUT2D eigenvalue weighted by molar-refractivity contribution is 6.09. The number of benzene rings is 1. The van der Waals surface area contributed by atoms with Gasteiger partial charge in [0, 0.05) is 26.2 Å². The maximum Gasteiger partial charge on any atom is 0.325 e. The second-order valence-corrected chi connectivity index (χ2v) is 7.14. The number of nitrogens with zero attached hydrogens (tertiary/aromatic N) is 2. The third kappa shape index (κ3) is 3.65. The summed E-state index contributed by atoms with van der Waals surface area (Å²) < 4.78 is 0. The maximum absolute atomic E-state index is 12.6. The van der Waals surface area contributed by atoms with Crippen LogP contribution in [0.2, 0.25) is 0 Å². The van der Waals surface area contributed by atoms with E-state index in [-0.39, 0.29) is 24.3 Å². The minimum absolute atomic E-state index is 0.176. The van der Waals surface area contributed by atoms with Crippen molar-refractivity contribution in [1.29, 1.82) is 0 Å². The van der Waals surface area contributed by atoms with Crippen molar-refractivity contribution >= 4 is 23.8 Å². The summed E-state index contributed by atoms with van der Waals surface area (Å²) >= 11 is 0. The number of carbonyl (C=O) groups is 4. The fourth-order valence-corrected chi connectivity index (χ4v) is 3.66. The molecule has 8 heteroatoms. The number of nitrogens with one attached hydrogen (secondary N) is 2. The molecule has 1 saturated heterocycles. The van der Waals surface area contributed by atoms with Gasteiger partial charge in [-0.05, 0) is 30.5 Å². The van der Waals surface area contributed by atoms with E-state index in [1.165, 1.54) is 4.90 Å². The van der Waals surface area contributed by atoms with E-state index in [0.29, 0.717) is 24.9 Å². The second kappa shape index (κ2) is 7.38. The lowest BCUT2D eigenvalue weighted by atomic mass is 9.98. The van der Waals surface area contributed by atoms with Crippen LogP contribution in [0.1, 0.15) is 41.6 Å². The molecule has 1 aromatic rings. The molecule has 2 fully saturated rings. The van der Waals surface area contributed by atoms with Crippen LogP contribution in [0.4, 0.5) is 4.79 Å². The molecule has 0 radical (unpaired) electrons. The third-order valence-electron chi connectivity index (χ3n) is 5.29. The fraction of sp³-hybridized carbons (Fsp3) is 0.474. The third-order valence-corrected chi connectivity index (χ3v) is 5.29. The van der Waals surface area contributed by atoms with Crippen LogP contribution in [0.5, 0.6) is 0 Å². The molecule has 1 saturated carbocycles. The number of carbonyl (C=O) groups excluding carboxylic acids is 4. The summed E-state index contributed by atoms with van der Waals surface area (Å²) in [5.41, 5.74) is 0.588. The number of hydrogen-bond donors (Lipinski definition) is 2.